The molecule has 0 unspecified atom stereocenters. The van der Waals surface area contributed by atoms with Crippen LogP contribution in [0.15, 0.2) is 12.4 Å². The maximum atomic E-state index is 12.7. The molecular weight excluding hydrogens is 334 g/mol. The summed E-state index contributed by atoms with van der Waals surface area (Å²) in [6.07, 6.45) is 4.75. The lowest BCUT2D eigenvalue weighted by atomic mass is 9.79. The maximum absolute atomic E-state index is 12.7. The lowest BCUT2D eigenvalue weighted by molar-refractivity contribution is -0.123. The Bertz CT molecular complexity index is 630. The third-order valence-electron chi connectivity index (χ3n) is 4.57. The molecule has 144 valence electrons. The second-order valence-corrected chi connectivity index (χ2v) is 7.82. The standard InChI is InChI=1S/C18H29N5O3/c1-17(2,3)16(25)23-14-13(20-9-10-21-14)15(24)22-11-18(12-26-4)5-7-19-8-6-18/h9-10,19H,5-8,11-12H2,1-4H3,(H,22,24)(H,21,23,25). The second-order valence-electron chi connectivity index (χ2n) is 7.82. The minimum absolute atomic E-state index is 0.0906. The molecule has 0 aromatic carbocycles. The zero-order chi connectivity index (χ0) is 19.2. The van der Waals surface area contributed by atoms with E-state index >= 15 is 0 Å². The van der Waals surface area contributed by atoms with E-state index < -0.39 is 5.41 Å². The molecule has 0 bridgehead atoms. The number of anilines is 1. The van der Waals surface area contributed by atoms with Gasteiger partial charge < -0.3 is 20.7 Å². The predicted molar refractivity (Wildman–Crippen MR) is 98.9 cm³/mol. The lowest BCUT2D eigenvalue weighted by Gasteiger charge is -2.37. The van der Waals surface area contributed by atoms with Crippen LogP contribution >= 0.6 is 0 Å². The number of nitrogens with one attached hydrogen (secondary N) is 3. The van der Waals surface area contributed by atoms with E-state index in [-0.39, 0.29) is 28.7 Å². The zero-order valence-electron chi connectivity index (χ0n) is 16.0. The molecule has 8 nitrogen and oxygen atoms in total. The van der Waals surface area contributed by atoms with Crippen molar-refractivity contribution in [2.24, 2.45) is 10.8 Å². The van der Waals surface area contributed by atoms with Gasteiger partial charge in [0.15, 0.2) is 11.5 Å². The van der Waals surface area contributed by atoms with Gasteiger partial charge in [-0.2, -0.15) is 0 Å². The summed E-state index contributed by atoms with van der Waals surface area (Å²) in [6, 6.07) is 0. The highest BCUT2D eigenvalue weighted by molar-refractivity contribution is 6.02. The first-order valence-electron chi connectivity index (χ1n) is 8.88. The molecule has 1 fully saturated rings. The summed E-state index contributed by atoms with van der Waals surface area (Å²) in [7, 11) is 1.68. The van der Waals surface area contributed by atoms with Crippen molar-refractivity contribution >= 4 is 17.6 Å². The molecule has 1 aromatic rings. The fourth-order valence-corrected chi connectivity index (χ4v) is 2.88. The summed E-state index contributed by atoms with van der Waals surface area (Å²) in [6.45, 7) is 8.26. The molecular formula is C18H29N5O3. The topological polar surface area (TPSA) is 105 Å². The molecule has 8 heteroatoms. The normalized spacial score (nSPS) is 16.8. The Balaban J connectivity index is 2.08. The number of methoxy groups -OCH3 is 1. The van der Waals surface area contributed by atoms with Gasteiger partial charge in [-0.25, -0.2) is 9.97 Å². The molecule has 2 amide bonds. The fraction of sp³-hybridized carbons (Fsp3) is 0.667. The van der Waals surface area contributed by atoms with Gasteiger partial charge in [-0.15, -0.1) is 0 Å². The van der Waals surface area contributed by atoms with Crippen LogP contribution in [0.1, 0.15) is 44.1 Å². The number of rotatable bonds is 6. The first-order valence-corrected chi connectivity index (χ1v) is 8.88. The Morgan fingerprint density at radius 2 is 1.88 bits per heavy atom. The van der Waals surface area contributed by atoms with Crippen LogP contribution in [0.25, 0.3) is 0 Å². The highest BCUT2D eigenvalue weighted by Gasteiger charge is 2.33. The third-order valence-corrected chi connectivity index (χ3v) is 4.57. The minimum atomic E-state index is -0.594. The van der Waals surface area contributed by atoms with Gasteiger partial charge in [-0.05, 0) is 25.9 Å². The van der Waals surface area contributed by atoms with E-state index in [9.17, 15) is 9.59 Å². The number of amides is 2. The number of carbonyl (C=O) groups is 2. The van der Waals surface area contributed by atoms with Crippen molar-refractivity contribution in [1.82, 2.24) is 20.6 Å². The molecule has 1 aliphatic heterocycles. The molecule has 0 saturated carbocycles. The van der Waals surface area contributed by atoms with Crippen molar-refractivity contribution in [3.63, 3.8) is 0 Å². The van der Waals surface area contributed by atoms with Crippen LogP contribution in [0, 0.1) is 10.8 Å². The Morgan fingerprint density at radius 1 is 1.23 bits per heavy atom. The number of hydrogen-bond donors (Lipinski definition) is 3. The molecule has 0 radical (unpaired) electrons. The second kappa shape index (κ2) is 8.55. The molecule has 2 heterocycles. The van der Waals surface area contributed by atoms with E-state index in [2.05, 4.69) is 25.9 Å². The van der Waals surface area contributed by atoms with Gasteiger partial charge in [0.25, 0.3) is 5.91 Å². The molecule has 1 aliphatic rings. The van der Waals surface area contributed by atoms with Gasteiger partial charge in [0.05, 0.1) is 6.61 Å². The van der Waals surface area contributed by atoms with Crippen molar-refractivity contribution < 1.29 is 14.3 Å². The quantitative estimate of drug-likeness (QED) is 0.702. The number of piperidine rings is 1. The average molecular weight is 363 g/mol. The summed E-state index contributed by atoms with van der Waals surface area (Å²) in [5.41, 5.74) is -0.568. The van der Waals surface area contributed by atoms with Crippen LogP contribution in [0.2, 0.25) is 0 Å². The first kappa shape index (κ1) is 20.3. The van der Waals surface area contributed by atoms with Crippen LogP contribution in [0.3, 0.4) is 0 Å². The predicted octanol–water partition coefficient (Wildman–Crippen LogP) is 1.21. The molecule has 0 aliphatic carbocycles. The maximum Gasteiger partial charge on any atom is 0.273 e. The van der Waals surface area contributed by atoms with Gasteiger partial charge in [0, 0.05) is 36.9 Å². The molecule has 0 atom stereocenters. The summed E-state index contributed by atoms with van der Waals surface area (Å²) >= 11 is 0. The van der Waals surface area contributed by atoms with E-state index in [1.807, 2.05) is 0 Å². The Labute approximate surface area is 154 Å². The highest BCUT2D eigenvalue weighted by atomic mass is 16.5. The lowest BCUT2D eigenvalue weighted by Crippen LogP contribution is -2.47. The monoisotopic (exact) mass is 363 g/mol. The highest BCUT2D eigenvalue weighted by Crippen LogP contribution is 2.28. The van der Waals surface area contributed by atoms with Crippen molar-refractivity contribution in [1.29, 1.82) is 0 Å². The number of aromatic nitrogens is 2. The van der Waals surface area contributed by atoms with Gasteiger partial charge >= 0.3 is 0 Å². The SMILES string of the molecule is COCC1(CNC(=O)c2nccnc2NC(=O)C(C)(C)C)CCNCC1. The zero-order valence-corrected chi connectivity index (χ0v) is 16.0. The summed E-state index contributed by atoms with van der Waals surface area (Å²) in [5, 5.41) is 8.97. The Morgan fingerprint density at radius 3 is 2.50 bits per heavy atom. The van der Waals surface area contributed by atoms with Crippen LogP contribution in [-0.2, 0) is 9.53 Å². The third kappa shape index (κ3) is 5.22. The van der Waals surface area contributed by atoms with Gasteiger partial charge in [-0.1, -0.05) is 20.8 Å². The molecule has 26 heavy (non-hydrogen) atoms. The van der Waals surface area contributed by atoms with Crippen LogP contribution in [-0.4, -0.2) is 55.1 Å². The van der Waals surface area contributed by atoms with Gasteiger partial charge in [-0.3, -0.25) is 9.59 Å². The van der Waals surface area contributed by atoms with Gasteiger partial charge in [0.1, 0.15) is 0 Å². The first-order chi connectivity index (χ1) is 12.3. The number of ether oxygens (including phenoxy) is 1. The molecule has 1 aromatic heterocycles. The molecule has 0 spiro atoms. The van der Waals surface area contributed by atoms with Crippen LogP contribution in [0.5, 0.6) is 0 Å². The van der Waals surface area contributed by atoms with Crippen LogP contribution in [0.4, 0.5) is 5.82 Å². The van der Waals surface area contributed by atoms with E-state index in [1.165, 1.54) is 12.4 Å². The van der Waals surface area contributed by atoms with E-state index in [0.29, 0.717) is 13.2 Å². The molecule has 1 saturated heterocycles. The van der Waals surface area contributed by atoms with Crippen LogP contribution < -0.4 is 16.0 Å². The summed E-state index contributed by atoms with van der Waals surface area (Å²) in [4.78, 5) is 33.1. The van der Waals surface area contributed by atoms with Crippen molar-refractivity contribution in [3.05, 3.63) is 18.1 Å². The molecule has 3 N–H and O–H groups in total. The van der Waals surface area contributed by atoms with Gasteiger partial charge in [0.2, 0.25) is 5.91 Å². The largest absolute Gasteiger partial charge is 0.384 e. The van der Waals surface area contributed by atoms with E-state index in [0.717, 1.165) is 25.9 Å². The number of carbonyl (C=O) groups excluding carboxylic acids is 2. The number of hydrogen-bond acceptors (Lipinski definition) is 6. The minimum Gasteiger partial charge on any atom is -0.384 e. The van der Waals surface area contributed by atoms with Crippen molar-refractivity contribution in [2.75, 3.05) is 38.7 Å². The van der Waals surface area contributed by atoms with Crippen molar-refractivity contribution in [3.8, 4) is 0 Å². The molecule has 2 rings (SSSR count). The Hall–Kier alpha value is -2.06. The Kier molecular flexibility index (Phi) is 6.66. The van der Waals surface area contributed by atoms with E-state index in [1.54, 1.807) is 27.9 Å². The van der Waals surface area contributed by atoms with Crippen molar-refractivity contribution in [2.45, 2.75) is 33.6 Å². The summed E-state index contributed by atoms with van der Waals surface area (Å²) < 4.78 is 5.37. The fourth-order valence-electron chi connectivity index (χ4n) is 2.88. The average Bonchev–Trinajstić information content (AvgIpc) is 2.60. The number of nitrogens with zero attached hydrogens (tertiary/aromatic N) is 2. The smallest absolute Gasteiger partial charge is 0.273 e. The van der Waals surface area contributed by atoms with E-state index in [4.69, 9.17) is 4.74 Å². The summed E-state index contributed by atoms with van der Waals surface area (Å²) in [5.74, 6) is -0.395.